The minimum atomic E-state index is -0.143. The van der Waals surface area contributed by atoms with E-state index in [9.17, 15) is 4.79 Å². The summed E-state index contributed by atoms with van der Waals surface area (Å²) < 4.78 is 5.23. The number of nitrogens with one attached hydrogen (secondary N) is 1. The fourth-order valence-electron chi connectivity index (χ4n) is 1.95. The van der Waals surface area contributed by atoms with Crippen molar-refractivity contribution in [2.75, 3.05) is 7.11 Å². The number of hydrogen-bond donors (Lipinski definition) is 1. The number of aryl methyl sites for hydroxylation is 1. The third-order valence-electron chi connectivity index (χ3n) is 3.15. The quantitative estimate of drug-likeness (QED) is 0.929. The van der Waals surface area contributed by atoms with E-state index in [1.807, 2.05) is 38.1 Å². The van der Waals surface area contributed by atoms with E-state index in [-0.39, 0.29) is 11.9 Å². The molecule has 1 heterocycles. The highest BCUT2D eigenvalue weighted by atomic mass is 16.5. The zero-order valence-corrected chi connectivity index (χ0v) is 11.9. The molecule has 104 valence electrons. The monoisotopic (exact) mass is 270 g/mol. The van der Waals surface area contributed by atoms with Crippen LogP contribution in [0.1, 0.15) is 34.6 Å². The summed E-state index contributed by atoms with van der Waals surface area (Å²) in [7, 11) is 1.60. The van der Waals surface area contributed by atoms with E-state index in [2.05, 4.69) is 10.3 Å². The van der Waals surface area contributed by atoms with Crippen molar-refractivity contribution in [3.8, 4) is 5.75 Å². The lowest BCUT2D eigenvalue weighted by Crippen LogP contribution is -2.27. The lowest BCUT2D eigenvalue weighted by atomic mass is 10.1. The third-order valence-corrected chi connectivity index (χ3v) is 3.15. The lowest BCUT2D eigenvalue weighted by Gasteiger charge is -2.14. The number of hydrogen-bond acceptors (Lipinski definition) is 3. The summed E-state index contributed by atoms with van der Waals surface area (Å²) in [5.74, 6) is 0.574. The van der Waals surface area contributed by atoms with E-state index in [1.165, 1.54) is 0 Å². The van der Waals surface area contributed by atoms with Crippen LogP contribution in [-0.2, 0) is 0 Å². The predicted octanol–water partition coefficient (Wildman–Crippen LogP) is 2.89. The van der Waals surface area contributed by atoms with Crippen molar-refractivity contribution < 1.29 is 9.53 Å². The number of carbonyl (C=O) groups is 1. The Hall–Kier alpha value is -2.36. The SMILES string of the molecule is COc1cc(C(=O)N[C@H](C)c2ccccn2)ccc1C. The second kappa shape index (κ2) is 6.19. The normalized spacial score (nSPS) is 11.8. The summed E-state index contributed by atoms with van der Waals surface area (Å²) in [4.78, 5) is 16.4. The Kier molecular flexibility index (Phi) is 4.35. The van der Waals surface area contributed by atoms with Gasteiger partial charge in [-0.25, -0.2) is 0 Å². The van der Waals surface area contributed by atoms with Crippen LogP contribution in [0.4, 0.5) is 0 Å². The van der Waals surface area contributed by atoms with E-state index in [1.54, 1.807) is 25.4 Å². The number of nitrogens with zero attached hydrogens (tertiary/aromatic N) is 1. The second-order valence-corrected chi connectivity index (χ2v) is 4.63. The molecule has 0 saturated carbocycles. The molecule has 1 amide bonds. The molecule has 0 aliphatic rings. The van der Waals surface area contributed by atoms with Crippen molar-refractivity contribution >= 4 is 5.91 Å². The minimum absolute atomic E-state index is 0.138. The highest BCUT2D eigenvalue weighted by Gasteiger charge is 2.13. The molecular formula is C16H18N2O2. The number of rotatable bonds is 4. The van der Waals surface area contributed by atoms with Crippen molar-refractivity contribution in [1.29, 1.82) is 0 Å². The van der Waals surface area contributed by atoms with Gasteiger partial charge in [-0.2, -0.15) is 0 Å². The molecule has 0 unspecified atom stereocenters. The smallest absolute Gasteiger partial charge is 0.251 e. The molecule has 1 aromatic heterocycles. The number of pyridine rings is 1. The molecule has 0 fully saturated rings. The van der Waals surface area contributed by atoms with Crippen LogP contribution in [-0.4, -0.2) is 18.0 Å². The molecule has 0 radical (unpaired) electrons. The first-order valence-corrected chi connectivity index (χ1v) is 6.48. The molecule has 1 aromatic carbocycles. The maximum atomic E-state index is 12.2. The van der Waals surface area contributed by atoms with Crippen molar-refractivity contribution in [1.82, 2.24) is 10.3 Å². The Morgan fingerprint density at radius 2 is 2.10 bits per heavy atom. The number of carbonyl (C=O) groups excluding carboxylic acids is 1. The highest BCUT2D eigenvalue weighted by molar-refractivity contribution is 5.94. The number of amides is 1. The van der Waals surface area contributed by atoms with Crippen molar-refractivity contribution in [3.05, 3.63) is 59.4 Å². The molecule has 4 nitrogen and oxygen atoms in total. The summed E-state index contributed by atoms with van der Waals surface area (Å²) in [6, 6.07) is 10.9. The van der Waals surface area contributed by atoms with Gasteiger partial charge in [0.05, 0.1) is 18.8 Å². The molecule has 0 bridgehead atoms. The van der Waals surface area contributed by atoms with Gasteiger partial charge in [-0.3, -0.25) is 9.78 Å². The summed E-state index contributed by atoms with van der Waals surface area (Å²) in [6.45, 7) is 3.85. The zero-order chi connectivity index (χ0) is 14.5. The molecule has 1 atom stereocenters. The van der Waals surface area contributed by atoms with E-state index < -0.39 is 0 Å². The van der Waals surface area contributed by atoms with Crippen LogP contribution in [0.5, 0.6) is 5.75 Å². The summed E-state index contributed by atoms with van der Waals surface area (Å²) >= 11 is 0. The Morgan fingerprint density at radius 3 is 2.75 bits per heavy atom. The van der Waals surface area contributed by atoms with Crippen LogP contribution < -0.4 is 10.1 Å². The fourth-order valence-corrected chi connectivity index (χ4v) is 1.95. The molecule has 0 aliphatic carbocycles. The maximum Gasteiger partial charge on any atom is 0.251 e. The van der Waals surface area contributed by atoms with Crippen LogP contribution in [0.25, 0.3) is 0 Å². The number of ether oxygens (including phenoxy) is 1. The second-order valence-electron chi connectivity index (χ2n) is 4.63. The summed E-state index contributed by atoms with van der Waals surface area (Å²) in [6.07, 6.45) is 1.72. The first-order chi connectivity index (χ1) is 9.61. The molecule has 4 heteroatoms. The van der Waals surface area contributed by atoms with Crippen molar-refractivity contribution in [3.63, 3.8) is 0 Å². The van der Waals surface area contributed by atoms with Gasteiger partial charge in [-0.05, 0) is 43.7 Å². The van der Waals surface area contributed by atoms with Crippen molar-refractivity contribution in [2.45, 2.75) is 19.9 Å². The van der Waals surface area contributed by atoms with E-state index in [4.69, 9.17) is 4.74 Å². The Balaban J connectivity index is 2.12. The topological polar surface area (TPSA) is 51.2 Å². The van der Waals surface area contributed by atoms with Gasteiger partial charge in [-0.15, -0.1) is 0 Å². The highest BCUT2D eigenvalue weighted by Crippen LogP contribution is 2.19. The Morgan fingerprint density at radius 1 is 1.30 bits per heavy atom. The average molecular weight is 270 g/mol. The molecule has 1 N–H and O–H groups in total. The molecule has 0 spiro atoms. The third kappa shape index (κ3) is 3.15. The van der Waals surface area contributed by atoms with E-state index >= 15 is 0 Å². The van der Waals surface area contributed by atoms with Gasteiger partial charge in [0.25, 0.3) is 5.91 Å². The summed E-state index contributed by atoms with van der Waals surface area (Å²) in [5, 5.41) is 2.93. The maximum absolute atomic E-state index is 12.2. The first kappa shape index (κ1) is 14.1. The van der Waals surface area contributed by atoms with Gasteiger partial charge in [0.15, 0.2) is 0 Å². The van der Waals surface area contributed by atoms with Gasteiger partial charge < -0.3 is 10.1 Å². The average Bonchev–Trinajstić information content (AvgIpc) is 2.48. The van der Waals surface area contributed by atoms with E-state index in [0.717, 1.165) is 11.3 Å². The molecule has 20 heavy (non-hydrogen) atoms. The molecule has 2 aromatic rings. The lowest BCUT2D eigenvalue weighted by molar-refractivity contribution is 0.0939. The Labute approximate surface area is 118 Å². The summed E-state index contributed by atoms with van der Waals surface area (Å²) in [5.41, 5.74) is 2.41. The predicted molar refractivity (Wildman–Crippen MR) is 77.8 cm³/mol. The van der Waals surface area contributed by atoms with Crippen LogP contribution in [0, 0.1) is 6.92 Å². The first-order valence-electron chi connectivity index (χ1n) is 6.48. The standard InChI is InChI=1S/C16H18N2O2/c1-11-7-8-13(10-15(11)20-3)16(19)18-12(2)14-6-4-5-9-17-14/h4-10,12H,1-3H3,(H,18,19)/t12-/m1/s1. The fraction of sp³-hybridized carbons (Fsp3) is 0.250. The van der Waals surface area contributed by atoms with Gasteiger partial charge >= 0.3 is 0 Å². The van der Waals surface area contributed by atoms with Gasteiger partial charge in [-0.1, -0.05) is 12.1 Å². The Bertz CT molecular complexity index is 597. The van der Waals surface area contributed by atoms with Gasteiger partial charge in [0.1, 0.15) is 5.75 Å². The number of aromatic nitrogens is 1. The number of methoxy groups -OCH3 is 1. The largest absolute Gasteiger partial charge is 0.496 e. The van der Waals surface area contributed by atoms with Gasteiger partial charge in [0, 0.05) is 11.8 Å². The van der Waals surface area contributed by atoms with Gasteiger partial charge in [0.2, 0.25) is 0 Å². The van der Waals surface area contributed by atoms with Crippen LogP contribution >= 0.6 is 0 Å². The molecule has 2 rings (SSSR count). The van der Waals surface area contributed by atoms with Crippen LogP contribution in [0.2, 0.25) is 0 Å². The van der Waals surface area contributed by atoms with Crippen LogP contribution in [0.3, 0.4) is 0 Å². The zero-order valence-electron chi connectivity index (χ0n) is 11.9. The molecule has 0 saturated heterocycles. The van der Waals surface area contributed by atoms with E-state index in [0.29, 0.717) is 11.3 Å². The van der Waals surface area contributed by atoms with Crippen molar-refractivity contribution in [2.24, 2.45) is 0 Å². The molecule has 0 aliphatic heterocycles. The number of benzene rings is 1. The minimum Gasteiger partial charge on any atom is -0.496 e. The molecular weight excluding hydrogens is 252 g/mol. The van der Waals surface area contributed by atoms with Crippen LogP contribution in [0.15, 0.2) is 42.6 Å².